The van der Waals surface area contributed by atoms with Crippen LogP contribution >= 0.6 is 0 Å². The highest BCUT2D eigenvalue weighted by molar-refractivity contribution is 5.74. The average molecular weight is 334 g/mol. The van der Waals surface area contributed by atoms with E-state index in [2.05, 4.69) is 20.1 Å². The predicted molar refractivity (Wildman–Crippen MR) is 80.3 cm³/mol. The van der Waals surface area contributed by atoms with E-state index in [4.69, 9.17) is 0 Å². The number of fused-ring (bicyclic) bond motifs is 1. The standard InChI is InChI=1S/C15H13F3N6/c1-9-6-23(7-15(9,17)18)12-2-11(10-3-19-8-20-4-10)22-24-13(16)5-21-14(12)24/h2-5,8-9H,6-7H2,1H3/t9-/m0/s1. The van der Waals surface area contributed by atoms with Crippen LogP contribution in [-0.2, 0) is 0 Å². The summed E-state index contributed by atoms with van der Waals surface area (Å²) < 4.78 is 42.8. The fourth-order valence-corrected chi connectivity index (χ4v) is 2.85. The Hall–Kier alpha value is -2.71. The summed E-state index contributed by atoms with van der Waals surface area (Å²) >= 11 is 0. The first-order valence-electron chi connectivity index (χ1n) is 7.38. The number of imidazole rings is 1. The quantitative estimate of drug-likeness (QED) is 0.720. The predicted octanol–water partition coefficient (Wildman–Crippen LogP) is 2.42. The van der Waals surface area contributed by atoms with E-state index in [9.17, 15) is 13.2 Å². The van der Waals surface area contributed by atoms with Crippen LogP contribution in [0, 0.1) is 11.9 Å². The highest BCUT2D eigenvalue weighted by atomic mass is 19.3. The van der Waals surface area contributed by atoms with Crippen LogP contribution < -0.4 is 4.90 Å². The molecule has 0 radical (unpaired) electrons. The van der Waals surface area contributed by atoms with Crippen molar-refractivity contribution in [1.29, 1.82) is 0 Å². The normalized spacial score (nSPS) is 20.0. The van der Waals surface area contributed by atoms with E-state index in [0.29, 0.717) is 16.9 Å². The molecular formula is C15H13F3N6. The van der Waals surface area contributed by atoms with Gasteiger partial charge >= 0.3 is 0 Å². The van der Waals surface area contributed by atoms with Crippen molar-refractivity contribution in [3.8, 4) is 11.3 Å². The Balaban J connectivity index is 1.88. The van der Waals surface area contributed by atoms with Gasteiger partial charge in [-0.15, -0.1) is 0 Å². The summed E-state index contributed by atoms with van der Waals surface area (Å²) in [7, 11) is 0. The van der Waals surface area contributed by atoms with Gasteiger partial charge in [0.05, 0.1) is 24.1 Å². The molecule has 3 aromatic rings. The number of nitrogens with zero attached hydrogens (tertiary/aromatic N) is 6. The van der Waals surface area contributed by atoms with Gasteiger partial charge in [0.1, 0.15) is 6.33 Å². The van der Waals surface area contributed by atoms with Gasteiger partial charge in [-0.2, -0.15) is 14.0 Å². The van der Waals surface area contributed by atoms with Crippen LogP contribution in [0.2, 0.25) is 0 Å². The summed E-state index contributed by atoms with van der Waals surface area (Å²) in [6.07, 6.45) is 5.44. The summed E-state index contributed by atoms with van der Waals surface area (Å²) in [5.74, 6) is -4.26. The molecule has 1 aliphatic heterocycles. The number of hydrogen-bond acceptors (Lipinski definition) is 5. The molecular weight excluding hydrogens is 321 g/mol. The van der Waals surface area contributed by atoms with Crippen molar-refractivity contribution in [2.75, 3.05) is 18.0 Å². The van der Waals surface area contributed by atoms with Gasteiger partial charge in [0.15, 0.2) is 5.65 Å². The van der Waals surface area contributed by atoms with Gasteiger partial charge in [-0.3, -0.25) is 0 Å². The molecule has 0 amide bonds. The van der Waals surface area contributed by atoms with Crippen molar-refractivity contribution in [1.82, 2.24) is 24.6 Å². The minimum Gasteiger partial charge on any atom is -0.362 e. The first-order chi connectivity index (χ1) is 11.5. The molecule has 124 valence electrons. The molecule has 0 aromatic carbocycles. The summed E-state index contributed by atoms with van der Waals surface area (Å²) in [6, 6.07) is 1.62. The van der Waals surface area contributed by atoms with Crippen molar-refractivity contribution in [3.05, 3.63) is 36.9 Å². The van der Waals surface area contributed by atoms with E-state index in [1.54, 1.807) is 6.07 Å². The second-order valence-electron chi connectivity index (χ2n) is 5.90. The number of aromatic nitrogens is 5. The first-order valence-corrected chi connectivity index (χ1v) is 7.38. The van der Waals surface area contributed by atoms with Gasteiger partial charge in [-0.05, 0) is 6.07 Å². The molecule has 0 N–H and O–H groups in total. The molecule has 1 fully saturated rings. The second kappa shape index (κ2) is 5.15. The Morgan fingerprint density at radius 2 is 1.96 bits per heavy atom. The zero-order valence-corrected chi connectivity index (χ0v) is 12.7. The molecule has 4 rings (SSSR count). The highest BCUT2D eigenvalue weighted by Gasteiger charge is 2.46. The number of hydrogen-bond donors (Lipinski definition) is 0. The van der Waals surface area contributed by atoms with E-state index in [1.165, 1.54) is 30.5 Å². The SMILES string of the molecule is C[C@H]1CN(c2cc(-c3cncnc3)nn3c(F)cnc23)CC1(F)F. The average Bonchev–Trinajstić information content (AvgIpc) is 3.07. The van der Waals surface area contributed by atoms with Crippen LogP contribution in [-0.4, -0.2) is 43.6 Å². The van der Waals surface area contributed by atoms with Crippen molar-refractivity contribution in [3.63, 3.8) is 0 Å². The van der Waals surface area contributed by atoms with Crippen LogP contribution in [0.25, 0.3) is 16.9 Å². The maximum Gasteiger partial charge on any atom is 0.269 e. The van der Waals surface area contributed by atoms with Crippen LogP contribution in [0.15, 0.2) is 31.0 Å². The summed E-state index contributed by atoms with van der Waals surface area (Å²) in [5.41, 5.74) is 1.57. The molecule has 24 heavy (non-hydrogen) atoms. The fourth-order valence-electron chi connectivity index (χ4n) is 2.85. The van der Waals surface area contributed by atoms with Gasteiger partial charge in [0, 0.05) is 30.4 Å². The van der Waals surface area contributed by atoms with E-state index in [-0.39, 0.29) is 12.2 Å². The van der Waals surface area contributed by atoms with Crippen molar-refractivity contribution in [2.24, 2.45) is 5.92 Å². The zero-order valence-electron chi connectivity index (χ0n) is 12.7. The van der Waals surface area contributed by atoms with Crippen LogP contribution in [0.5, 0.6) is 0 Å². The van der Waals surface area contributed by atoms with E-state index < -0.39 is 24.3 Å². The van der Waals surface area contributed by atoms with Gasteiger partial charge in [-0.1, -0.05) is 6.92 Å². The minimum atomic E-state index is -2.80. The molecule has 9 heteroatoms. The second-order valence-corrected chi connectivity index (χ2v) is 5.90. The van der Waals surface area contributed by atoms with Gasteiger partial charge in [0.2, 0.25) is 5.95 Å². The summed E-state index contributed by atoms with van der Waals surface area (Å²) in [4.78, 5) is 13.3. The third-order valence-electron chi connectivity index (χ3n) is 4.22. The molecule has 6 nitrogen and oxygen atoms in total. The molecule has 0 aliphatic carbocycles. The Morgan fingerprint density at radius 3 is 2.62 bits per heavy atom. The number of halogens is 3. The Morgan fingerprint density at radius 1 is 1.21 bits per heavy atom. The number of alkyl halides is 2. The van der Waals surface area contributed by atoms with Gasteiger partial charge in [-0.25, -0.2) is 23.7 Å². The Labute approximate surface area is 135 Å². The van der Waals surface area contributed by atoms with Crippen molar-refractivity contribution < 1.29 is 13.2 Å². The number of rotatable bonds is 2. The lowest BCUT2D eigenvalue weighted by atomic mass is 10.1. The van der Waals surface area contributed by atoms with Crippen LogP contribution in [0.1, 0.15) is 6.92 Å². The molecule has 3 aromatic heterocycles. The number of anilines is 1. The lowest BCUT2D eigenvalue weighted by molar-refractivity contribution is -0.0137. The summed E-state index contributed by atoms with van der Waals surface area (Å²) in [6.45, 7) is 1.22. The maximum atomic E-state index is 14.0. The van der Waals surface area contributed by atoms with Crippen LogP contribution in [0.4, 0.5) is 18.9 Å². The topological polar surface area (TPSA) is 59.2 Å². The monoisotopic (exact) mass is 334 g/mol. The molecule has 0 unspecified atom stereocenters. The molecule has 1 saturated heterocycles. The molecule has 4 heterocycles. The maximum absolute atomic E-state index is 14.0. The Bertz CT molecular complexity index is 895. The molecule has 0 saturated carbocycles. The lowest BCUT2D eigenvalue weighted by Gasteiger charge is -2.19. The largest absolute Gasteiger partial charge is 0.362 e. The van der Waals surface area contributed by atoms with E-state index in [0.717, 1.165) is 10.7 Å². The third-order valence-corrected chi connectivity index (χ3v) is 4.22. The zero-order chi connectivity index (χ0) is 16.9. The lowest BCUT2D eigenvalue weighted by Crippen LogP contribution is -2.27. The first kappa shape index (κ1) is 14.9. The molecule has 0 spiro atoms. The van der Waals surface area contributed by atoms with Crippen LogP contribution in [0.3, 0.4) is 0 Å². The van der Waals surface area contributed by atoms with E-state index >= 15 is 0 Å². The molecule has 0 bridgehead atoms. The van der Waals surface area contributed by atoms with E-state index in [1.807, 2.05) is 0 Å². The van der Waals surface area contributed by atoms with Gasteiger partial charge < -0.3 is 4.90 Å². The highest BCUT2D eigenvalue weighted by Crippen LogP contribution is 2.37. The minimum absolute atomic E-state index is 0.159. The molecule has 1 atom stereocenters. The third kappa shape index (κ3) is 2.27. The molecule has 1 aliphatic rings. The van der Waals surface area contributed by atoms with Crippen molar-refractivity contribution in [2.45, 2.75) is 12.8 Å². The Kier molecular flexibility index (Phi) is 3.19. The van der Waals surface area contributed by atoms with Gasteiger partial charge in [0.25, 0.3) is 5.92 Å². The smallest absolute Gasteiger partial charge is 0.269 e. The fraction of sp³-hybridized carbons (Fsp3) is 0.333. The van der Waals surface area contributed by atoms with Crippen molar-refractivity contribution >= 4 is 11.3 Å². The summed E-state index contributed by atoms with van der Waals surface area (Å²) in [5, 5.41) is 4.18.